The van der Waals surface area contributed by atoms with Crippen molar-refractivity contribution in [1.29, 1.82) is 0 Å². The summed E-state index contributed by atoms with van der Waals surface area (Å²) in [4.78, 5) is 0. The van der Waals surface area contributed by atoms with Crippen molar-refractivity contribution in [3.63, 3.8) is 0 Å². The minimum atomic E-state index is -0.463. The molecule has 1 saturated heterocycles. The molecule has 1 spiro atoms. The number of halogens is 2. The van der Waals surface area contributed by atoms with Crippen LogP contribution in [0.3, 0.4) is 0 Å². The van der Waals surface area contributed by atoms with Crippen molar-refractivity contribution in [1.82, 2.24) is 5.32 Å². The monoisotopic (exact) mass is 329 g/mol. The summed E-state index contributed by atoms with van der Waals surface area (Å²) in [7, 11) is 0. The largest absolute Gasteiger partial charge is 0.394 e. The third kappa shape index (κ3) is 3.44. The van der Waals surface area contributed by atoms with E-state index < -0.39 is 5.82 Å². The highest BCUT2D eigenvalue weighted by Crippen LogP contribution is 2.36. The quantitative estimate of drug-likeness (QED) is 0.892. The molecule has 1 heterocycles. The van der Waals surface area contributed by atoms with Crippen molar-refractivity contribution in [3.8, 4) is 0 Å². The minimum Gasteiger partial charge on any atom is -0.394 e. The molecule has 0 bridgehead atoms. The van der Waals surface area contributed by atoms with E-state index in [0.29, 0.717) is 18.8 Å². The Bertz CT molecular complexity index is 512. The molecule has 0 radical (unpaired) electrons. The summed E-state index contributed by atoms with van der Waals surface area (Å²) in [5.41, 5.74) is 0.707. The third-order valence-corrected chi connectivity index (χ3v) is 4.83. The predicted molar refractivity (Wildman–Crippen MR) is 81.3 cm³/mol. The van der Waals surface area contributed by atoms with Crippen LogP contribution in [0.5, 0.6) is 0 Å². The van der Waals surface area contributed by atoms with Gasteiger partial charge in [-0.05, 0) is 30.5 Å². The first-order chi connectivity index (χ1) is 10.6. The highest BCUT2D eigenvalue weighted by Gasteiger charge is 2.40. The lowest BCUT2D eigenvalue weighted by molar-refractivity contribution is -0.179. The third-order valence-electron chi connectivity index (χ3n) is 4.53. The van der Waals surface area contributed by atoms with Crippen LogP contribution in [0.1, 0.15) is 37.3 Å². The number of hydrogen-bond donors (Lipinski definition) is 2. The molecule has 3 rings (SSSR count). The standard InChI is InChI=1S/C16H21ClFNO3/c17-13-2-1-11(9-14(13)18)15(10-20)19-12-3-5-16(6-4-12)21-7-8-22-16/h1-2,9,12,15,19-20H,3-8,10H2. The van der Waals surface area contributed by atoms with Crippen LogP contribution in [-0.4, -0.2) is 36.8 Å². The molecule has 1 aliphatic carbocycles. The van der Waals surface area contributed by atoms with Crippen LogP contribution in [0.2, 0.25) is 5.02 Å². The van der Waals surface area contributed by atoms with Gasteiger partial charge in [0.1, 0.15) is 5.82 Å². The second-order valence-electron chi connectivity index (χ2n) is 5.96. The van der Waals surface area contributed by atoms with Crippen LogP contribution < -0.4 is 5.32 Å². The van der Waals surface area contributed by atoms with E-state index in [2.05, 4.69) is 5.32 Å². The predicted octanol–water partition coefficient (Wildman–Crippen LogP) is 2.79. The van der Waals surface area contributed by atoms with Crippen molar-refractivity contribution in [2.45, 2.75) is 43.6 Å². The Morgan fingerprint density at radius 2 is 2.00 bits per heavy atom. The molecule has 122 valence electrons. The van der Waals surface area contributed by atoms with Crippen molar-refractivity contribution < 1.29 is 19.0 Å². The number of nitrogens with one attached hydrogen (secondary N) is 1. The Morgan fingerprint density at radius 1 is 1.32 bits per heavy atom. The van der Waals surface area contributed by atoms with E-state index in [1.807, 2.05) is 0 Å². The molecule has 2 fully saturated rings. The van der Waals surface area contributed by atoms with Crippen LogP contribution in [0.25, 0.3) is 0 Å². The van der Waals surface area contributed by atoms with Crippen molar-refractivity contribution in [2.75, 3.05) is 19.8 Å². The van der Waals surface area contributed by atoms with Gasteiger partial charge in [0.15, 0.2) is 5.79 Å². The highest BCUT2D eigenvalue weighted by molar-refractivity contribution is 6.30. The van der Waals surface area contributed by atoms with Gasteiger partial charge in [-0.1, -0.05) is 17.7 Å². The van der Waals surface area contributed by atoms with Crippen LogP contribution in [0, 0.1) is 5.82 Å². The first-order valence-corrected chi connectivity index (χ1v) is 8.09. The van der Waals surface area contributed by atoms with E-state index >= 15 is 0 Å². The zero-order chi connectivity index (χ0) is 15.6. The molecule has 22 heavy (non-hydrogen) atoms. The normalized spacial score (nSPS) is 23.0. The van der Waals surface area contributed by atoms with Gasteiger partial charge >= 0.3 is 0 Å². The van der Waals surface area contributed by atoms with Gasteiger partial charge in [0.05, 0.1) is 30.9 Å². The second-order valence-corrected chi connectivity index (χ2v) is 6.36. The number of aliphatic hydroxyl groups is 1. The molecule has 1 saturated carbocycles. The Balaban J connectivity index is 1.60. The molecule has 2 N–H and O–H groups in total. The van der Waals surface area contributed by atoms with Crippen molar-refractivity contribution in [2.24, 2.45) is 0 Å². The lowest BCUT2D eigenvalue weighted by atomic mass is 9.89. The van der Waals surface area contributed by atoms with Crippen molar-refractivity contribution >= 4 is 11.6 Å². The maximum atomic E-state index is 13.6. The Labute approximate surface area is 134 Å². The van der Waals surface area contributed by atoms with Gasteiger partial charge in [-0.15, -0.1) is 0 Å². The fourth-order valence-corrected chi connectivity index (χ4v) is 3.40. The number of rotatable bonds is 4. The Morgan fingerprint density at radius 3 is 2.59 bits per heavy atom. The van der Waals surface area contributed by atoms with E-state index in [-0.39, 0.29) is 29.5 Å². The molecule has 1 unspecified atom stereocenters. The van der Waals surface area contributed by atoms with Gasteiger partial charge in [-0.3, -0.25) is 0 Å². The molecule has 1 aliphatic heterocycles. The fourth-order valence-electron chi connectivity index (χ4n) is 3.28. The fraction of sp³-hybridized carbons (Fsp3) is 0.625. The number of aliphatic hydroxyl groups excluding tert-OH is 1. The lowest BCUT2D eigenvalue weighted by Gasteiger charge is -2.37. The molecule has 0 aromatic heterocycles. The molecule has 2 aliphatic rings. The van der Waals surface area contributed by atoms with Gasteiger partial charge in [0, 0.05) is 18.9 Å². The highest BCUT2D eigenvalue weighted by atomic mass is 35.5. The van der Waals surface area contributed by atoms with Crippen LogP contribution in [-0.2, 0) is 9.47 Å². The summed E-state index contributed by atoms with van der Waals surface area (Å²) in [6.07, 6.45) is 3.51. The first kappa shape index (κ1) is 16.1. The van der Waals surface area contributed by atoms with E-state index in [1.54, 1.807) is 6.07 Å². The van der Waals surface area contributed by atoms with Crippen LogP contribution in [0.4, 0.5) is 4.39 Å². The van der Waals surface area contributed by atoms with Gasteiger partial charge < -0.3 is 19.9 Å². The Kier molecular flexibility index (Phi) is 5.00. The molecule has 6 heteroatoms. The maximum Gasteiger partial charge on any atom is 0.168 e. The zero-order valence-electron chi connectivity index (χ0n) is 12.4. The number of ether oxygens (including phenoxy) is 2. The molecule has 1 aromatic rings. The van der Waals surface area contributed by atoms with E-state index in [4.69, 9.17) is 21.1 Å². The lowest BCUT2D eigenvalue weighted by Crippen LogP contribution is -2.43. The van der Waals surface area contributed by atoms with Crippen molar-refractivity contribution in [3.05, 3.63) is 34.6 Å². The van der Waals surface area contributed by atoms with Crippen LogP contribution in [0.15, 0.2) is 18.2 Å². The summed E-state index contributed by atoms with van der Waals surface area (Å²) < 4.78 is 25.0. The minimum absolute atomic E-state index is 0.0876. The first-order valence-electron chi connectivity index (χ1n) is 7.72. The molecule has 1 atom stereocenters. The average molecular weight is 330 g/mol. The molecule has 4 nitrogen and oxygen atoms in total. The topological polar surface area (TPSA) is 50.7 Å². The average Bonchev–Trinajstić information content (AvgIpc) is 2.98. The summed E-state index contributed by atoms with van der Waals surface area (Å²) in [5.74, 6) is -0.853. The van der Waals surface area contributed by atoms with E-state index in [0.717, 1.165) is 25.7 Å². The summed E-state index contributed by atoms with van der Waals surface area (Å²) in [6, 6.07) is 4.61. The van der Waals surface area contributed by atoms with Crippen LogP contribution >= 0.6 is 11.6 Å². The molecule has 0 amide bonds. The number of hydrogen-bond acceptors (Lipinski definition) is 4. The molecular weight excluding hydrogens is 309 g/mol. The summed E-state index contributed by atoms with van der Waals surface area (Å²) >= 11 is 5.70. The summed E-state index contributed by atoms with van der Waals surface area (Å²) in [5, 5.41) is 13.1. The second kappa shape index (κ2) is 6.81. The van der Waals surface area contributed by atoms with E-state index in [1.165, 1.54) is 12.1 Å². The van der Waals surface area contributed by atoms with Gasteiger partial charge in [-0.25, -0.2) is 4.39 Å². The maximum absolute atomic E-state index is 13.6. The van der Waals surface area contributed by atoms with E-state index in [9.17, 15) is 9.50 Å². The Hall–Kier alpha value is -0.720. The zero-order valence-corrected chi connectivity index (χ0v) is 13.1. The summed E-state index contributed by atoms with van der Waals surface area (Å²) in [6.45, 7) is 1.25. The number of benzene rings is 1. The van der Waals surface area contributed by atoms with Gasteiger partial charge in [-0.2, -0.15) is 0 Å². The molecular formula is C16H21ClFNO3. The van der Waals surface area contributed by atoms with Gasteiger partial charge in [0.25, 0.3) is 0 Å². The molecule has 1 aromatic carbocycles. The SMILES string of the molecule is OCC(NC1CCC2(CC1)OCCO2)c1ccc(Cl)c(F)c1. The van der Waals surface area contributed by atoms with Gasteiger partial charge in [0.2, 0.25) is 0 Å². The smallest absolute Gasteiger partial charge is 0.168 e.